The molecule has 1 aliphatic rings. The standard InChI is InChI=1S/C13H18N6O.2ClH/c1-8-6-9(2)19-13(15-8)16-11(17-19)12(20)18-5-4-14-7-10(18)3;;/h6,10,14H,4-5,7H2,1-3H3;2*1H. The largest absolute Gasteiger partial charge is 0.331 e. The van der Waals surface area contributed by atoms with Crippen LogP contribution in [0.1, 0.15) is 28.9 Å². The number of hydrogen-bond donors (Lipinski definition) is 1. The molecule has 7 nitrogen and oxygen atoms in total. The molecule has 0 aliphatic carbocycles. The average Bonchev–Trinajstić information content (AvgIpc) is 2.82. The monoisotopic (exact) mass is 346 g/mol. The van der Waals surface area contributed by atoms with Crippen LogP contribution in [0.3, 0.4) is 0 Å². The van der Waals surface area contributed by atoms with Gasteiger partial charge in [0.1, 0.15) is 0 Å². The van der Waals surface area contributed by atoms with Crippen molar-refractivity contribution in [3.63, 3.8) is 0 Å². The van der Waals surface area contributed by atoms with Gasteiger partial charge in [0.2, 0.25) is 5.82 Å². The van der Waals surface area contributed by atoms with Crippen molar-refractivity contribution in [3.05, 3.63) is 23.3 Å². The third-order valence-corrected chi connectivity index (χ3v) is 3.57. The minimum Gasteiger partial charge on any atom is -0.331 e. The molecule has 1 amide bonds. The van der Waals surface area contributed by atoms with Gasteiger partial charge in [0.15, 0.2) is 0 Å². The summed E-state index contributed by atoms with van der Waals surface area (Å²) in [6.07, 6.45) is 0. The van der Waals surface area contributed by atoms with Crippen LogP contribution in [-0.4, -0.2) is 56.1 Å². The Morgan fingerprint density at radius 1 is 1.32 bits per heavy atom. The lowest BCUT2D eigenvalue weighted by Gasteiger charge is -2.33. The van der Waals surface area contributed by atoms with Gasteiger partial charge in [0.25, 0.3) is 11.7 Å². The molecule has 1 fully saturated rings. The highest BCUT2D eigenvalue weighted by atomic mass is 35.5. The summed E-state index contributed by atoms with van der Waals surface area (Å²) in [4.78, 5) is 22.9. The molecule has 1 unspecified atom stereocenters. The number of fused-ring (bicyclic) bond motifs is 1. The second kappa shape index (κ2) is 7.21. The van der Waals surface area contributed by atoms with Crippen LogP contribution < -0.4 is 5.32 Å². The summed E-state index contributed by atoms with van der Waals surface area (Å²) in [6.45, 7) is 8.14. The number of piperazine rings is 1. The van der Waals surface area contributed by atoms with Gasteiger partial charge in [-0.2, -0.15) is 4.98 Å². The van der Waals surface area contributed by atoms with Gasteiger partial charge in [-0.1, -0.05) is 0 Å². The summed E-state index contributed by atoms with van der Waals surface area (Å²) in [5.74, 6) is 0.579. The number of halogens is 2. The summed E-state index contributed by atoms with van der Waals surface area (Å²) in [6, 6.07) is 2.07. The zero-order valence-corrected chi connectivity index (χ0v) is 14.4. The second-order valence-corrected chi connectivity index (χ2v) is 5.24. The van der Waals surface area contributed by atoms with E-state index >= 15 is 0 Å². The van der Waals surface area contributed by atoms with Gasteiger partial charge in [-0.05, 0) is 26.8 Å². The molecular weight excluding hydrogens is 327 g/mol. The van der Waals surface area contributed by atoms with E-state index in [1.54, 1.807) is 4.52 Å². The van der Waals surface area contributed by atoms with Crippen molar-refractivity contribution in [2.24, 2.45) is 0 Å². The van der Waals surface area contributed by atoms with E-state index in [0.717, 1.165) is 24.5 Å². The molecular formula is C13H20Cl2N6O. The Bertz CT molecular complexity index is 674. The first kappa shape index (κ1) is 18.6. The Balaban J connectivity index is 0.00000121. The lowest BCUT2D eigenvalue weighted by atomic mass is 10.2. The van der Waals surface area contributed by atoms with Crippen LogP contribution in [-0.2, 0) is 0 Å². The Morgan fingerprint density at radius 3 is 2.73 bits per heavy atom. The van der Waals surface area contributed by atoms with E-state index < -0.39 is 0 Å². The Hall–Kier alpha value is -1.44. The zero-order chi connectivity index (χ0) is 14.3. The number of carbonyl (C=O) groups is 1. The molecule has 122 valence electrons. The first-order valence-corrected chi connectivity index (χ1v) is 6.79. The fraction of sp³-hybridized carbons (Fsp3) is 0.538. The fourth-order valence-corrected chi connectivity index (χ4v) is 2.53. The fourth-order valence-electron chi connectivity index (χ4n) is 2.53. The van der Waals surface area contributed by atoms with Crippen LogP contribution in [0.5, 0.6) is 0 Å². The molecule has 1 saturated heterocycles. The maximum atomic E-state index is 12.5. The third kappa shape index (κ3) is 3.31. The molecule has 2 aromatic rings. The summed E-state index contributed by atoms with van der Waals surface area (Å²) in [7, 11) is 0. The van der Waals surface area contributed by atoms with Gasteiger partial charge in [-0.25, -0.2) is 9.50 Å². The minimum absolute atomic E-state index is 0. The molecule has 3 heterocycles. The molecule has 1 atom stereocenters. The summed E-state index contributed by atoms with van der Waals surface area (Å²) < 4.78 is 1.62. The number of nitrogens with one attached hydrogen (secondary N) is 1. The van der Waals surface area contributed by atoms with Gasteiger partial charge in [0, 0.05) is 37.1 Å². The van der Waals surface area contributed by atoms with Crippen molar-refractivity contribution in [1.29, 1.82) is 0 Å². The van der Waals surface area contributed by atoms with Crippen molar-refractivity contribution in [1.82, 2.24) is 29.8 Å². The normalized spacial score (nSPS) is 17.8. The lowest BCUT2D eigenvalue weighted by molar-refractivity contribution is 0.0643. The molecule has 2 aromatic heterocycles. The molecule has 1 aliphatic heterocycles. The molecule has 0 spiro atoms. The molecule has 22 heavy (non-hydrogen) atoms. The summed E-state index contributed by atoms with van der Waals surface area (Å²) in [5.41, 5.74) is 1.80. The van der Waals surface area contributed by atoms with E-state index in [1.165, 1.54) is 0 Å². The minimum atomic E-state index is -0.124. The Labute approximate surface area is 141 Å². The predicted molar refractivity (Wildman–Crippen MR) is 88.1 cm³/mol. The lowest BCUT2D eigenvalue weighted by Crippen LogP contribution is -2.52. The van der Waals surface area contributed by atoms with Crippen molar-refractivity contribution in [3.8, 4) is 0 Å². The van der Waals surface area contributed by atoms with E-state index in [9.17, 15) is 4.79 Å². The highest BCUT2D eigenvalue weighted by molar-refractivity contribution is 5.91. The molecule has 3 rings (SSSR count). The Morgan fingerprint density at radius 2 is 2.05 bits per heavy atom. The van der Waals surface area contributed by atoms with E-state index in [2.05, 4.69) is 20.4 Å². The summed E-state index contributed by atoms with van der Waals surface area (Å²) in [5, 5.41) is 7.56. The smallest absolute Gasteiger partial charge is 0.293 e. The van der Waals surface area contributed by atoms with Crippen LogP contribution in [0, 0.1) is 13.8 Å². The molecule has 0 aromatic carbocycles. The number of amides is 1. The highest BCUT2D eigenvalue weighted by Gasteiger charge is 2.27. The number of hydrogen-bond acceptors (Lipinski definition) is 5. The number of aryl methyl sites for hydroxylation is 2. The van der Waals surface area contributed by atoms with Gasteiger partial charge in [-0.15, -0.1) is 29.9 Å². The van der Waals surface area contributed by atoms with Crippen molar-refractivity contribution in [2.75, 3.05) is 19.6 Å². The van der Waals surface area contributed by atoms with Crippen LogP contribution >= 0.6 is 24.8 Å². The van der Waals surface area contributed by atoms with Crippen LogP contribution in [0.15, 0.2) is 6.07 Å². The second-order valence-electron chi connectivity index (χ2n) is 5.24. The predicted octanol–water partition coefficient (Wildman–Crippen LogP) is 1.02. The highest BCUT2D eigenvalue weighted by Crippen LogP contribution is 2.10. The zero-order valence-electron chi connectivity index (χ0n) is 12.7. The molecule has 0 radical (unpaired) electrons. The van der Waals surface area contributed by atoms with Crippen LogP contribution in [0.4, 0.5) is 0 Å². The van der Waals surface area contributed by atoms with Crippen molar-refractivity contribution >= 4 is 36.5 Å². The van der Waals surface area contributed by atoms with Crippen LogP contribution in [0.2, 0.25) is 0 Å². The number of aromatic nitrogens is 4. The van der Waals surface area contributed by atoms with Crippen LogP contribution in [0.25, 0.3) is 5.78 Å². The van der Waals surface area contributed by atoms with Gasteiger partial charge in [-0.3, -0.25) is 4.79 Å². The number of nitrogens with zero attached hydrogens (tertiary/aromatic N) is 5. The number of carbonyl (C=O) groups excluding carboxylic acids is 1. The summed E-state index contributed by atoms with van der Waals surface area (Å²) >= 11 is 0. The molecule has 0 bridgehead atoms. The maximum absolute atomic E-state index is 12.5. The number of rotatable bonds is 1. The van der Waals surface area contributed by atoms with Gasteiger partial charge < -0.3 is 10.2 Å². The molecule has 1 N–H and O–H groups in total. The van der Waals surface area contributed by atoms with Crippen molar-refractivity contribution in [2.45, 2.75) is 26.8 Å². The third-order valence-electron chi connectivity index (χ3n) is 3.57. The quantitative estimate of drug-likeness (QED) is 0.834. The maximum Gasteiger partial charge on any atom is 0.293 e. The van der Waals surface area contributed by atoms with E-state index in [4.69, 9.17) is 0 Å². The van der Waals surface area contributed by atoms with Gasteiger partial charge in [0.05, 0.1) is 0 Å². The average molecular weight is 347 g/mol. The first-order chi connectivity index (χ1) is 9.56. The topological polar surface area (TPSA) is 75.4 Å². The van der Waals surface area contributed by atoms with E-state index in [-0.39, 0.29) is 42.6 Å². The van der Waals surface area contributed by atoms with Gasteiger partial charge >= 0.3 is 0 Å². The van der Waals surface area contributed by atoms with Crippen molar-refractivity contribution < 1.29 is 4.79 Å². The first-order valence-electron chi connectivity index (χ1n) is 6.79. The molecule has 0 saturated carbocycles. The SMILES string of the molecule is Cc1cc(C)n2nc(C(=O)N3CCNCC3C)nc2n1.Cl.Cl. The van der Waals surface area contributed by atoms with E-state index in [0.29, 0.717) is 12.3 Å². The molecule has 9 heteroatoms. The van der Waals surface area contributed by atoms with E-state index in [1.807, 2.05) is 31.7 Å². The Kier molecular flexibility index (Phi) is 6.10.